The first-order chi connectivity index (χ1) is 9.72. The van der Waals surface area contributed by atoms with Gasteiger partial charge in [0.1, 0.15) is 0 Å². The fourth-order valence-corrected chi connectivity index (χ4v) is 2.35. The van der Waals surface area contributed by atoms with Gasteiger partial charge in [0.05, 0.1) is 0 Å². The van der Waals surface area contributed by atoms with Crippen molar-refractivity contribution in [3.8, 4) is 0 Å². The van der Waals surface area contributed by atoms with E-state index in [4.69, 9.17) is 5.73 Å². The quantitative estimate of drug-likeness (QED) is 0.498. The fraction of sp³-hybridized carbons (Fsp3) is 0.857. The van der Waals surface area contributed by atoms with Crippen molar-refractivity contribution in [1.29, 1.82) is 0 Å². The van der Waals surface area contributed by atoms with Crippen molar-refractivity contribution in [1.82, 2.24) is 16.0 Å². The number of amides is 3. The van der Waals surface area contributed by atoms with Gasteiger partial charge in [0, 0.05) is 25.6 Å². The molecule has 0 radical (unpaired) electrons. The summed E-state index contributed by atoms with van der Waals surface area (Å²) in [5.74, 6) is 0.0212. The number of hydrogen-bond donors (Lipinski definition) is 4. The van der Waals surface area contributed by atoms with Gasteiger partial charge in [0.25, 0.3) is 0 Å². The average molecular weight is 284 g/mol. The minimum atomic E-state index is -0.111. The Morgan fingerprint density at radius 2 is 1.70 bits per heavy atom. The van der Waals surface area contributed by atoms with Crippen LogP contribution in [0.25, 0.3) is 0 Å². The van der Waals surface area contributed by atoms with E-state index in [2.05, 4.69) is 16.0 Å². The molecule has 116 valence electrons. The molecule has 0 aliphatic heterocycles. The number of carbonyl (C=O) groups is 2. The van der Waals surface area contributed by atoms with Crippen molar-refractivity contribution in [2.24, 2.45) is 5.73 Å². The van der Waals surface area contributed by atoms with E-state index < -0.39 is 0 Å². The summed E-state index contributed by atoms with van der Waals surface area (Å²) in [7, 11) is 0. The van der Waals surface area contributed by atoms with Crippen LogP contribution >= 0.6 is 0 Å². The zero-order valence-corrected chi connectivity index (χ0v) is 12.2. The Morgan fingerprint density at radius 3 is 2.40 bits per heavy atom. The molecule has 1 aliphatic rings. The molecule has 0 unspecified atom stereocenters. The molecule has 0 spiro atoms. The van der Waals surface area contributed by atoms with Crippen LogP contribution in [-0.2, 0) is 4.79 Å². The van der Waals surface area contributed by atoms with Crippen LogP contribution in [0, 0.1) is 0 Å². The van der Waals surface area contributed by atoms with E-state index in [9.17, 15) is 9.59 Å². The molecule has 1 fully saturated rings. The summed E-state index contributed by atoms with van der Waals surface area (Å²) in [4.78, 5) is 23.0. The van der Waals surface area contributed by atoms with E-state index in [1.54, 1.807) is 0 Å². The number of urea groups is 1. The van der Waals surface area contributed by atoms with E-state index >= 15 is 0 Å². The minimum Gasteiger partial charge on any atom is -0.356 e. The van der Waals surface area contributed by atoms with E-state index in [1.807, 2.05) is 0 Å². The Kier molecular flexibility index (Phi) is 8.78. The summed E-state index contributed by atoms with van der Waals surface area (Å²) in [6, 6.07) is 0.212. The molecule has 20 heavy (non-hydrogen) atoms. The Morgan fingerprint density at radius 1 is 1.00 bits per heavy atom. The number of nitrogens with one attached hydrogen (secondary N) is 3. The van der Waals surface area contributed by atoms with Gasteiger partial charge >= 0.3 is 6.03 Å². The van der Waals surface area contributed by atoms with Crippen molar-refractivity contribution in [2.45, 2.75) is 57.4 Å². The highest BCUT2D eigenvalue weighted by Crippen LogP contribution is 2.16. The molecular weight excluding hydrogens is 256 g/mol. The molecule has 1 saturated carbocycles. The van der Waals surface area contributed by atoms with Crippen LogP contribution in [0.1, 0.15) is 51.4 Å². The number of carbonyl (C=O) groups excluding carboxylic acids is 2. The van der Waals surface area contributed by atoms with Gasteiger partial charge in [-0.3, -0.25) is 4.79 Å². The minimum absolute atomic E-state index is 0.0212. The lowest BCUT2D eigenvalue weighted by atomic mass is 9.96. The lowest BCUT2D eigenvalue weighted by molar-refractivity contribution is -0.121. The van der Waals surface area contributed by atoms with E-state index in [-0.39, 0.29) is 11.9 Å². The molecule has 0 aromatic rings. The molecular formula is C14H28N4O2. The molecule has 0 aromatic carbocycles. The molecule has 5 N–H and O–H groups in total. The summed E-state index contributed by atoms with van der Waals surface area (Å²) in [5, 5.41) is 8.58. The number of rotatable bonds is 8. The van der Waals surface area contributed by atoms with Gasteiger partial charge in [-0.25, -0.2) is 4.79 Å². The SMILES string of the molecule is NCCCNC(=O)CCCNC(=O)NC1CCCCC1. The molecule has 0 heterocycles. The summed E-state index contributed by atoms with van der Waals surface area (Å²) < 4.78 is 0. The molecule has 6 nitrogen and oxygen atoms in total. The molecule has 1 aliphatic carbocycles. The van der Waals surface area contributed by atoms with E-state index in [0.717, 1.165) is 19.3 Å². The highest BCUT2D eigenvalue weighted by molar-refractivity contribution is 5.76. The normalized spacial score (nSPS) is 15.7. The third-order valence-corrected chi connectivity index (χ3v) is 3.51. The van der Waals surface area contributed by atoms with Gasteiger partial charge in [-0.15, -0.1) is 0 Å². The average Bonchev–Trinajstić information content (AvgIpc) is 2.45. The summed E-state index contributed by atoms with van der Waals surface area (Å²) in [6.45, 7) is 1.75. The van der Waals surface area contributed by atoms with Gasteiger partial charge in [0.2, 0.25) is 5.91 Å². The molecule has 1 rings (SSSR count). The highest BCUT2D eigenvalue weighted by Gasteiger charge is 2.15. The number of hydrogen-bond acceptors (Lipinski definition) is 3. The first kappa shape index (κ1) is 16.8. The monoisotopic (exact) mass is 284 g/mol. The highest BCUT2D eigenvalue weighted by atomic mass is 16.2. The summed E-state index contributed by atoms with van der Waals surface area (Å²) >= 11 is 0. The zero-order valence-electron chi connectivity index (χ0n) is 12.2. The lowest BCUT2D eigenvalue weighted by Crippen LogP contribution is -2.43. The van der Waals surface area contributed by atoms with Crippen LogP contribution in [0.4, 0.5) is 4.79 Å². The van der Waals surface area contributed by atoms with Gasteiger partial charge in [-0.05, 0) is 32.2 Å². The molecule has 0 bridgehead atoms. The predicted octanol–water partition coefficient (Wildman–Crippen LogP) is 0.863. The Hall–Kier alpha value is -1.30. The smallest absolute Gasteiger partial charge is 0.315 e. The summed E-state index contributed by atoms with van der Waals surface area (Å²) in [5.41, 5.74) is 5.34. The van der Waals surface area contributed by atoms with E-state index in [0.29, 0.717) is 38.5 Å². The second-order valence-corrected chi connectivity index (χ2v) is 5.33. The molecule has 0 aromatic heterocycles. The molecule has 3 amide bonds. The van der Waals surface area contributed by atoms with Crippen molar-refractivity contribution in [3.63, 3.8) is 0 Å². The van der Waals surface area contributed by atoms with Crippen molar-refractivity contribution in [3.05, 3.63) is 0 Å². The van der Waals surface area contributed by atoms with Crippen LogP contribution in [0.2, 0.25) is 0 Å². The maximum Gasteiger partial charge on any atom is 0.315 e. The maximum absolute atomic E-state index is 11.6. The first-order valence-electron chi connectivity index (χ1n) is 7.73. The Labute approximate surface area is 121 Å². The lowest BCUT2D eigenvalue weighted by Gasteiger charge is -2.22. The predicted molar refractivity (Wildman–Crippen MR) is 79.3 cm³/mol. The van der Waals surface area contributed by atoms with Crippen molar-refractivity contribution < 1.29 is 9.59 Å². The molecule has 0 atom stereocenters. The van der Waals surface area contributed by atoms with Crippen LogP contribution in [0.15, 0.2) is 0 Å². The third-order valence-electron chi connectivity index (χ3n) is 3.51. The third kappa shape index (κ3) is 7.99. The van der Waals surface area contributed by atoms with Gasteiger partial charge < -0.3 is 21.7 Å². The number of nitrogens with two attached hydrogens (primary N) is 1. The van der Waals surface area contributed by atoms with Crippen LogP contribution in [0.3, 0.4) is 0 Å². The second kappa shape index (κ2) is 10.5. The summed E-state index contributed by atoms with van der Waals surface area (Å²) in [6.07, 6.45) is 7.74. The molecule has 6 heteroatoms. The van der Waals surface area contributed by atoms with Crippen molar-refractivity contribution in [2.75, 3.05) is 19.6 Å². The zero-order chi connectivity index (χ0) is 14.6. The van der Waals surface area contributed by atoms with Crippen LogP contribution < -0.4 is 21.7 Å². The van der Waals surface area contributed by atoms with E-state index in [1.165, 1.54) is 19.3 Å². The largest absolute Gasteiger partial charge is 0.356 e. The van der Waals surface area contributed by atoms with Gasteiger partial charge in [0.15, 0.2) is 0 Å². The fourth-order valence-electron chi connectivity index (χ4n) is 2.35. The van der Waals surface area contributed by atoms with Crippen LogP contribution in [0.5, 0.6) is 0 Å². The topological polar surface area (TPSA) is 96.2 Å². The van der Waals surface area contributed by atoms with Crippen LogP contribution in [-0.4, -0.2) is 37.6 Å². The maximum atomic E-state index is 11.6. The molecule has 0 saturated heterocycles. The Balaban J connectivity index is 1.97. The standard InChI is InChI=1S/C14H28N4O2/c15-9-5-11-16-13(19)8-4-10-17-14(20)18-12-6-2-1-3-7-12/h12H,1-11,15H2,(H,16,19)(H2,17,18,20). The Bertz CT molecular complexity index is 291. The van der Waals surface area contributed by atoms with Gasteiger partial charge in [-0.2, -0.15) is 0 Å². The van der Waals surface area contributed by atoms with Crippen molar-refractivity contribution >= 4 is 11.9 Å². The second-order valence-electron chi connectivity index (χ2n) is 5.33. The van der Waals surface area contributed by atoms with Gasteiger partial charge in [-0.1, -0.05) is 19.3 Å². The first-order valence-corrected chi connectivity index (χ1v) is 7.73.